The fourth-order valence-electron chi connectivity index (χ4n) is 7.22. The number of rotatable bonds is 7. The van der Waals surface area contributed by atoms with E-state index in [0.29, 0.717) is 32.6 Å². The molecule has 174 valence electrons. The van der Waals surface area contributed by atoms with Crippen molar-refractivity contribution in [2.45, 2.75) is 51.0 Å². The van der Waals surface area contributed by atoms with Crippen LogP contribution in [0.4, 0.5) is 0 Å². The van der Waals surface area contributed by atoms with E-state index in [2.05, 4.69) is 10.2 Å². The summed E-state index contributed by atoms with van der Waals surface area (Å²) in [6.07, 6.45) is 7.07. The van der Waals surface area contributed by atoms with E-state index in [9.17, 15) is 14.7 Å². The first kappa shape index (κ1) is 21.9. The largest absolute Gasteiger partial charge is 0.387 e. The smallest absolute Gasteiger partial charge is 0.226 e. The van der Waals surface area contributed by atoms with Crippen molar-refractivity contribution in [2.24, 2.45) is 23.2 Å². The van der Waals surface area contributed by atoms with Gasteiger partial charge >= 0.3 is 0 Å². The summed E-state index contributed by atoms with van der Waals surface area (Å²) < 4.78 is 0. The number of carbonyl (C=O) groups is 2. The van der Waals surface area contributed by atoms with E-state index in [1.165, 1.54) is 19.3 Å². The van der Waals surface area contributed by atoms with Crippen molar-refractivity contribution in [1.82, 2.24) is 15.1 Å². The first-order valence-corrected chi connectivity index (χ1v) is 12.5. The van der Waals surface area contributed by atoms with Gasteiger partial charge in [0, 0.05) is 51.1 Å². The SMILES string of the molecule is O=C(CCNC(=O)C12CC3CC(CC(C3)C1)C2)N1CCN(CC(O)c2ccccc2)CC1. The molecule has 1 aromatic carbocycles. The summed E-state index contributed by atoms with van der Waals surface area (Å²) in [6, 6.07) is 9.73. The summed E-state index contributed by atoms with van der Waals surface area (Å²) in [5, 5.41) is 13.6. The summed E-state index contributed by atoms with van der Waals surface area (Å²) in [7, 11) is 0. The summed E-state index contributed by atoms with van der Waals surface area (Å²) in [5.74, 6) is 2.60. The average Bonchev–Trinajstić information content (AvgIpc) is 2.79. The highest BCUT2D eigenvalue weighted by molar-refractivity contribution is 5.84. The number of β-amino-alcohol motifs (C(OH)–C–C–N with tert-alkyl or cyclic N) is 1. The Hall–Kier alpha value is -1.92. The molecule has 5 aliphatic rings. The van der Waals surface area contributed by atoms with Crippen molar-refractivity contribution in [3.63, 3.8) is 0 Å². The second-order valence-electron chi connectivity index (χ2n) is 10.8. The maximum absolute atomic E-state index is 13.1. The Balaban J connectivity index is 1.03. The quantitative estimate of drug-likeness (QED) is 0.685. The molecule has 1 unspecified atom stereocenters. The second-order valence-corrected chi connectivity index (χ2v) is 10.8. The molecule has 4 bridgehead atoms. The first-order chi connectivity index (χ1) is 15.5. The van der Waals surface area contributed by atoms with Gasteiger partial charge in [-0.15, -0.1) is 0 Å². The number of hydrogen-bond acceptors (Lipinski definition) is 4. The molecule has 2 N–H and O–H groups in total. The lowest BCUT2D eigenvalue weighted by Crippen LogP contribution is -2.54. The normalized spacial score (nSPS) is 32.7. The first-order valence-electron chi connectivity index (χ1n) is 12.5. The lowest BCUT2D eigenvalue weighted by molar-refractivity contribution is -0.146. The highest BCUT2D eigenvalue weighted by atomic mass is 16.3. The highest BCUT2D eigenvalue weighted by Crippen LogP contribution is 2.60. The molecular weight excluding hydrogens is 402 g/mol. The van der Waals surface area contributed by atoms with Crippen LogP contribution < -0.4 is 5.32 Å². The zero-order chi connectivity index (χ0) is 22.1. The molecule has 4 saturated carbocycles. The van der Waals surface area contributed by atoms with Gasteiger partial charge in [0.25, 0.3) is 0 Å². The number of aliphatic hydroxyl groups is 1. The van der Waals surface area contributed by atoms with Gasteiger partial charge < -0.3 is 15.3 Å². The fourth-order valence-corrected chi connectivity index (χ4v) is 7.22. The number of benzene rings is 1. The van der Waals surface area contributed by atoms with E-state index in [4.69, 9.17) is 0 Å². The molecule has 1 saturated heterocycles. The molecular formula is C26H37N3O3. The average molecular weight is 440 g/mol. The van der Waals surface area contributed by atoms with Crippen LogP contribution in [0.1, 0.15) is 56.6 Å². The minimum Gasteiger partial charge on any atom is -0.387 e. The lowest BCUT2D eigenvalue weighted by Gasteiger charge is -2.55. The number of carbonyl (C=O) groups excluding carboxylic acids is 2. The van der Waals surface area contributed by atoms with Gasteiger partial charge in [0.05, 0.1) is 6.10 Å². The third-order valence-corrected chi connectivity index (χ3v) is 8.48. The molecule has 1 aromatic rings. The van der Waals surface area contributed by atoms with E-state index in [-0.39, 0.29) is 17.2 Å². The van der Waals surface area contributed by atoms with Crippen LogP contribution in [0.3, 0.4) is 0 Å². The van der Waals surface area contributed by atoms with Crippen molar-refractivity contribution in [3.8, 4) is 0 Å². The van der Waals surface area contributed by atoms with Gasteiger partial charge in [0.1, 0.15) is 0 Å². The zero-order valence-corrected chi connectivity index (χ0v) is 19.0. The Kier molecular flexibility index (Phi) is 6.26. The number of hydrogen-bond donors (Lipinski definition) is 2. The van der Waals surface area contributed by atoms with Gasteiger partial charge in [-0.05, 0) is 61.8 Å². The van der Waals surface area contributed by atoms with Crippen molar-refractivity contribution in [3.05, 3.63) is 35.9 Å². The Morgan fingerprint density at radius 1 is 0.969 bits per heavy atom. The van der Waals surface area contributed by atoms with Gasteiger partial charge in [-0.2, -0.15) is 0 Å². The van der Waals surface area contributed by atoms with Gasteiger partial charge in [-0.25, -0.2) is 0 Å². The number of nitrogens with one attached hydrogen (secondary N) is 1. The minimum atomic E-state index is -0.502. The van der Waals surface area contributed by atoms with Crippen LogP contribution in [0.5, 0.6) is 0 Å². The van der Waals surface area contributed by atoms with E-state index >= 15 is 0 Å². The molecule has 5 fully saturated rings. The number of amides is 2. The maximum Gasteiger partial charge on any atom is 0.226 e. The van der Waals surface area contributed by atoms with Crippen LogP contribution in [0.25, 0.3) is 0 Å². The lowest BCUT2D eigenvalue weighted by atomic mass is 9.49. The zero-order valence-electron chi connectivity index (χ0n) is 19.0. The molecule has 0 spiro atoms. The molecule has 6 nitrogen and oxygen atoms in total. The summed E-state index contributed by atoms with van der Waals surface area (Å²) in [5.41, 5.74) is 0.795. The van der Waals surface area contributed by atoms with Crippen molar-refractivity contribution in [2.75, 3.05) is 39.3 Å². The molecule has 32 heavy (non-hydrogen) atoms. The Morgan fingerprint density at radius 2 is 1.56 bits per heavy atom. The van der Waals surface area contributed by atoms with Crippen LogP contribution in [0.2, 0.25) is 0 Å². The van der Waals surface area contributed by atoms with Gasteiger partial charge in [-0.1, -0.05) is 30.3 Å². The number of aliphatic hydroxyl groups excluding tert-OH is 1. The summed E-state index contributed by atoms with van der Waals surface area (Å²) >= 11 is 0. The van der Waals surface area contributed by atoms with Crippen molar-refractivity contribution < 1.29 is 14.7 Å². The van der Waals surface area contributed by atoms with Crippen LogP contribution in [0, 0.1) is 23.2 Å². The van der Waals surface area contributed by atoms with Crippen LogP contribution in [0.15, 0.2) is 30.3 Å². The topological polar surface area (TPSA) is 72.9 Å². The summed E-state index contributed by atoms with van der Waals surface area (Å²) in [4.78, 5) is 29.9. The Labute approximate surface area is 191 Å². The van der Waals surface area contributed by atoms with Gasteiger partial charge in [-0.3, -0.25) is 14.5 Å². The Morgan fingerprint density at radius 3 is 2.16 bits per heavy atom. The van der Waals surface area contributed by atoms with Crippen molar-refractivity contribution >= 4 is 11.8 Å². The maximum atomic E-state index is 13.1. The molecule has 1 aliphatic heterocycles. The Bertz CT molecular complexity index is 784. The monoisotopic (exact) mass is 439 g/mol. The highest BCUT2D eigenvalue weighted by Gasteiger charge is 2.54. The van der Waals surface area contributed by atoms with Crippen LogP contribution in [-0.2, 0) is 9.59 Å². The molecule has 0 aromatic heterocycles. The molecule has 0 radical (unpaired) electrons. The molecule has 6 heteroatoms. The van der Waals surface area contributed by atoms with E-state index < -0.39 is 6.10 Å². The van der Waals surface area contributed by atoms with Crippen LogP contribution >= 0.6 is 0 Å². The fraction of sp³-hybridized carbons (Fsp3) is 0.692. The molecule has 1 atom stereocenters. The predicted molar refractivity (Wildman–Crippen MR) is 123 cm³/mol. The van der Waals surface area contributed by atoms with E-state index in [1.807, 2.05) is 35.2 Å². The van der Waals surface area contributed by atoms with E-state index in [0.717, 1.165) is 55.7 Å². The third kappa shape index (κ3) is 4.58. The standard InChI is InChI=1S/C26H37N3O3/c30-23(22-4-2-1-3-5-22)18-28-8-10-29(11-9-28)24(31)6-7-27-25(32)26-15-19-12-20(16-26)14-21(13-19)17-26/h1-5,19-21,23,30H,6-18H2,(H,27,32). The molecule has 2 amide bonds. The summed E-state index contributed by atoms with van der Waals surface area (Å²) in [6.45, 7) is 3.95. The van der Waals surface area contributed by atoms with Gasteiger partial charge in [0.2, 0.25) is 11.8 Å². The third-order valence-electron chi connectivity index (χ3n) is 8.48. The minimum absolute atomic E-state index is 0.124. The van der Waals surface area contributed by atoms with Crippen LogP contribution in [-0.4, -0.2) is 66.0 Å². The number of piperazine rings is 1. The predicted octanol–water partition coefficient (Wildman–Crippen LogP) is 2.59. The molecule has 4 aliphatic carbocycles. The second kappa shape index (κ2) is 9.14. The molecule has 1 heterocycles. The number of nitrogens with zero attached hydrogens (tertiary/aromatic N) is 2. The van der Waals surface area contributed by atoms with Gasteiger partial charge in [0.15, 0.2) is 0 Å². The van der Waals surface area contributed by atoms with Crippen molar-refractivity contribution in [1.29, 1.82) is 0 Å². The molecule has 6 rings (SSSR count). The van der Waals surface area contributed by atoms with E-state index in [1.54, 1.807) is 0 Å².